The minimum absolute atomic E-state index is 0.345. The number of fused-ring (bicyclic) bond motifs is 1. The molecule has 1 aliphatic rings. The maximum absolute atomic E-state index is 12.3. The predicted octanol–water partition coefficient (Wildman–Crippen LogP) is 3.69. The molecule has 6 nitrogen and oxygen atoms in total. The second-order valence-corrected chi connectivity index (χ2v) is 6.86. The van der Waals surface area contributed by atoms with Gasteiger partial charge in [0.15, 0.2) is 29.5 Å². The van der Waals surface area contributed by atoms with Gasteiger partial charge in [-0.1, -0.05) is 11.6 Å². The highest BCUT2D eigenvalue weighted by molar-refractivity contribution is 6.30. The predicted molar refractivity (Wildman–Crippen MR) is 98.9 cm³/mol. The molecule has 3 rings (SSSR count). The zero-order valence-corrected chi connectivity index (χ0v) is 15.7. The molecule has 0 bridgehead atoms. The van der Waals surface area contributed by atoms with Gasteiger partial charge >= 0.3 is 5.97 Å². The SMILES string of the molecule is CC(C)(Oc1ccc(Cl)cc1)C(=O)OCC(=O)c1ccc2c(c1)OCCO2. The Hall–Kier alpha value is -2.73. The van der Waals surface area contributed by atoms with Crippen molar-refractivity contribution in [3.8, 4) is 17.2 Å². The number of hydrogen-bond donors (Lipinski definition) is 0. The monoisotopic (exact) mass is 390 g/mol. The molecule has 0 saturated heterocycles. The van der Waals surface area contributed by atoms with Gasteiger partial charge in [0.25, 0.3) is 0 Å². The summed E-state index contributed by atoms with van der Waals surface area (Å²) in [4.78, 5) is 24.7. The molecule has 0 fully saturated rings. The minimum atomic E-state index is -1.26. The molecule has 0 radical (unpaired) electrons. The summed E-state index contributed by atoms with van der Waals surface area (Å²) < 4.78 is 21.7. The van der Waals surface area contributed by atoms with Crippen LogP contribution in [0.4, 0.5) is 0 Å². The van der Waals surface area contributed by atoms with Gasteiger partial charge in [-0.2, -0.15) is 0 Å². The van der Waals surface area contributed by atoms with Gasteiger partial charge in [-0.3, -0.25) is 4.79 Å². The van der Waals surface area contributed by atoms with E-state index >= 15 is 0 Å². The largest absolute Gasteiger partial charge is 0.486 e. The summed E-state index contributed by atoms with van der Waals surface area (Å²) >= 11 is 5.83. The third kappa shape index (κ3) is 4.71. The summed E-state index contributed by atoms with van der Waals surface area (Å²) in [6.07, 6.45) is 0. The van der Waals surface area contributed by atoms with Gasteiger partial charge in [0.1, 0.15) is 19.0 Å². The van der Waals surface area contributed by atoms with Crippen LogP contribution in [0.2, 0.25) is 5.02 Å². The number of carbonyl (C=O) groups excluding carboxylic acids is 2. The molecule has 0 unspecified atom stereocenters. The van der Waals surface area contributed by atoms with Crippen LogP contribution in [0.1, 0.15) is 24.2 Å². The number of halogens is 1. The third-order valence-corrected chi connectivity index (χ3v) is 4.13. The fourth-order valence-electron chi connectivity index (χ4n) is 2.44. The van der Waals surface area contributed by atoms with E-state index in [1.54, 1.807) is 56.3 Å². The average molecular weight is 391 g/mol. The number of ketones is 1. The van der Waals surface area contributed by atoms with Gasteiger partial charge in [-0.05, 0) is 56.3 Å². The highest BCUT2D eigenvalue weighted by atomic mass is 35.5. The molecule has 7 heteroatoms. The number of rotatable bonds is 6. The number of ether oxygens (including phenoxy) is 4. The molecule has 0 N–H and O–H groups in total. The van der Waals surface area contributed by atoms with Crippen LogP contribution < -0.4 is 14.2 Å². The summed E-state index contributed by atoms with van der Waals surface area (Å²) in [7, 11) is 0. The van der Waals surface area contributed by atoms with Crippen molar-refractivity contribution < 1.29 is 28.5 Å². The smallest absolute Gasteiger partial charge is 0.350 e. The van der Waals surface area contributed by atoms with Gasteiger partial charge in [0.05, 0.1) is 0 Å². The number of hydrogen-bond acceptors (Lipinski definition) is 6. The van der Waals surface area contributed by atoms with Crippen molar-refractivity contribution >= 4 is 23.4 Å². The summed E-state index contributed by atoms with van der Waals surface area (Å²) in [6, 6.07) is 11.5. The Labute approximate surface area is 161 Å². The van der Waals surface area contributed by atoms with Crippen LogP contribution in [0.3, 0.4) is 0 Å². The van der Waals surface area contributed by atoms with E-state index in [4.69, 9.17) is 30.5 Å². The van der Waals surface area contributed by atoms with Crippen LogP contribution >= 0.6 is 11.6 Å². The molecule has 1 heterocycles. The van der Waals surface area contributed by atoms with Crippen molar-refractivity contribution in [1.29, 1.82) is 0 Å². The lowest BCUT2D eigenvalue weighted by atomic mass is 10.1. The highest BCUT2D eigenvalue weighted by Gasteiger charge is 2.32. The first-order chi connectivity index (χ1) is 12.8. The van der Waals surface area contributed by atoms with Crippen molar-refractivity contribution in [3.63, 3.8) is 0 Å². The molecule has 2 aromatic carbocycles. The van der Waals surface area contributed by atoms with Crippen LogP contribution in [0.5, 0.6) is 17.2 Å². The van der Waals surface area contributed by atoms with Crippen LogP contribution in [0, 0.1) is 0 Å². The molecule has 1 aliphatic heterocycles. The molecule has 0 saturated carbocycles. The topological polar surface area (TPSA) is 71.1 Å². The first-order valence-electron chi connectivity index (χ1n) is 8.40. The molecular weight excluding hydrogens is 372 g/mol. The molecular formula is C20H19ClO6. The van der Waals surface area contributed by atoms with Crippen molar-refractivity contribution in [3.05, 3.63) is 53.1 Å². The van der Waals surface area contributed by atoms with E-state index in [1.807, 2.05) is 0 Å². The fourth-order valence-corrected chi connectivity index (χ4v) is 2.57. The standard InChI is InChI=1S/C20H19ClO6/c1-20(2,27-15-6-4-14(21)5-7-15)19(23)26-12-16(22)13-3-8-17-18(11-13)25-10-9-24-17/h3-8,11H,9-10,12H2,1-2H3. The Balaban J connectivity index is 1.59. The Bertz CT molecular complexity index is 844. The van der Waals surface area contributed by atoms with Gasteiger partial charge in [0, 0.05) is 10.6 Å². The lowest BCUT2D eigenvalue weighted by molar-refractivity contribution is -0.158. The summed E-state index contributed by atoms with van der Waals surface area (Å²) in [5.41, 5.74) is -0.885. The maximum atomic E-state index is 12.3. The Kier molecular flexibility index (Phi) is 5.56. The zero-order chi connectivity index (χ0) is 19.4. The molecule has 0 spiro atoms. The number of carbonyl (C=O) groups is 2. The second-order valence-electron chi connectivity index (χ2n) is 6.42. The lowest BCUT2D eigenvalue weighted by Crippen LogP contribution is -2.40. The van der Waals surface area contributed by atoms with Crippen LogP contribution in [0.25, 0.3) is 0 Å². The number of benzene rings is 2. The van der Waals surface area contributed by atoms with Crippen molar-refractivity contribution in [2.75, 3.05) is 19.8 Å². The minimum Gasteiger partial charge on any atom is -0.486 e. The molecule has 27 heavy (non-hydrogen) atoms. The quantitative estimate of drug-likeness (QED) is 0.553. The maximum Gasteiger partial charge on any atom is 0.350 e. The first-order valence-corrected chi connectivity index (χ1v) is 8.77. The summed E-state index contributed by atoms with van der Waals surface area (Å²) in [5, 5.41) is 0.563. The zero-order valence-electron chi connectivity index (χ0n) is 15.0. The van der Waals surface area contributed by atoms with Crippen LogP contribution in [0.15, 0.2) is 42.5 Å². The van der Waals surface area contributed by atoms with Gasteiger partial charge in [-0.15, -0.1) is 0 Å². The molecule has 0 aliphatic carbocycles. The van der Waals surface area contributed by atoms with Crippen molar-refractivity contribution in [2.45, 2.75) is 19.4 Å². The lowest BCUT2D eigenvalue weighted by Gasteiger charge is -2.24. The van der Waals surface area contributed by atoms with E-state index in [2.05, 4.69) is 0 Å². The Morgan fingerprint density at radius 3 is 2.41 bits per heavy atom. The Morgan fingerprint density at radius 2 is 1.70 bits per heavy atom. The average Bonchev–Trinajstić information content (AvgIpc) is 2.67. The summed E-state index contributed by atoms with van der Waals surface area (Å²) in [6.45, 7) is 3.64. The molecule has 2 aromatic rings. The van der Waals surface area contributed by atoms with E-state index < -0.39 is 18.2 Å². The molecule has 0 amide bonds. The number of Topliss-reactive ketones (excluding diaryl/α,β-unsaturated/α-hetero) is 1. The van der Waals surface area contributed by atoms with Gasteiger partial charge in [0.2, 0.25) is 0 Å². The molecule has 0 aromatic heterocycles. The third-order valence-electron chi connectivity index (χ3n) is 3.88. The van der Waals surface area contributed by atoms with E-state index in [0.29, 0.717) is 41.0 Å². The van der Waals surface area contributed by atoms with Crippen molar-refractivity contribution in [2.24, 2.45) is 0 Å². The normalized spacial score (nSPS) is 13.0. The highest BCUT2D eigenvalue weighted by Crippen LogP contribution is 2.31. The Morgan fingerprint density at radius 1 is 1.04 bits per heavy atom. The van der Waals surface area contributed by atoms with E-state index in [-0.39, 0.29) is 5.78 Å². The second kappa shape index (κ2) is 7.88. The van der Waals surface area contributed by atoms with E-state index in [1.165, 1.54) is 0 Å². The van der Waals surface area contributed by atoms with Crippen molar-refractivity contribution in [1.82, 2.24) is 0 Å². The first kappa shape index (κ1) is 19.0. The van der Waals surface area contributed by atoms with Gasteiger partial charge in [-0.25, -0.2) is 4.79 Å². The summed E-state index contributed by atoms with van der Waals surface area (Å²) in [5.74, 6) is 0.572. The molecule has 0 atom stereocenters. The van der Waals surface area contributed by atoms with E-state index in [9.17, 15) is 9.59 Å². The van der Waals surface area contributed by atoms with Crippen LogP contribution in [-0.2, 0) is 9.53 Å². The van der Waals surface area contributed by atoms with Crippen LogP contribution in [-0.4, -0.2) is 37.2 Å². The van der Waals surface area contributed by atoms with Gasteiger partial charge < -0.3 is 18.9 Å². The van der Waals surface area contributed by atoms with E-state index in [0.717, 1.165) is 0 Å². The molecule has 142 valence electrons. The fraction of sp³-hybridized carbons (Fsp3) is 0.300. The number of esters is 1.